The van der Waals surface area contributed by atoms with E-state index >= 15 is 0 Å². The normalized spacial score (nSPS) is 10.5. The van der Waals surface area contributed by atoms with Crippen molar-refractivity contribution in [2.45, 2.75) is 0 Å². The van der Waals surface area contributed by atoms with Crippen LogP contribution in [-0.4, -0.2) is 0 Å². The lowest BCUT2D eigenvalue weighted by Gasteiger charge is -2.05. The molecule has 0 saturated heterocycles. The molecule has 0 aromatic heterocycles. The Morgan fingerprint density at radius 1 is 1.00 bits per heavy atom. The molecule has 4 heteroatoms. The van der Waals surface area contributed by atoms with Crippen molar-refractivity contribution >= 4 is 11.6 Å². The Bertz CT molecular complexity index is 538. The molecular formula is C12H5ClF3. The van der Waals surface area contributed by atoms with Gasteiger partial charge in [-0.25, -0.2) is 13.2 Å². The smallest absolute Gasteiger partial charge is 0.139 e. The minimum atomic E-state index is -0.803. The highest BCUT2D eigenvalue weighted by atomic mass is 35.5. The molecule has 0 spiro atoms. The summed E-state index contributed by atoms with van der Waals surface area (Å²) in [4.78, 5) is 0. The highest BCUT2D eigenvalue weighted by molar-refractivity contribution is 6.30. The molecule has 0 N–H and O–H groups in total. The Labute approximate surface area is 95.3 Å². The van der Waals surface area contributed by atoms with Crippen LogP contribution in [0.2, 0.25) is 5.02 Å². The zero-order chi connectivity index (χ0) is 11.7. The molecule has 0 aliphatic carbocycles. The number of rotatable bonds is 1. The van der Waals surface area contributed by atoms with Gasteiger partial charge in [0.05, 0.1) is 0 Å². The highest BCUT2D eigenvalue weighted by Gasteiger charge is 2.11. The second-order valence-electron chi connectivity index (χ2n) is 3.17. The van der Waals surface area contributed by atoms with Crippen LogP contribution in [0.1, 0.15) is 0 Å². The van der Waals surface area contributed by atoms with Crippen LogP contribution in [0.15, 0.2) is 30.3 Å². The molecule has 0 atom stereocenters. The minimum absolute atomic E-state index is 0.0438. The summed E-state index contributed by atoms with van der Waals surface area (Å²) in [5, 5.41) is 0.196. The molecule has 1 radical (unpaired) electrons. The summed E-state index contributed by atoms with van der Waals surface area (Å²) < 4.78 is 39.7. The maximum Gasteiger partial charge on any atom is 0.139 e. The fourth-order valence-corrected chi connectivity index (χ4v) is 1.52. The molecule has 16 heavy (non-hydrogen) atoms. The third kappa shape index (κ3) is 2.04. The van der Waals surface area contributed by atoms with E-state index in [-0.39, 0.29) is 16.1 Å². The van der Waals surface area contributed by atoms with Gasteiger partial charge < -0.3 is 0 Å². The summed E-state index contributed by atoms with van der Waals surface area (Å²) in [5.41, 5.74) is -0.216. The second kappa shape index (κ2) is 4.18. The van der Waals surface area contributed by atoms with Crippen molar-refractivity contribution in [3.8, 4) is 11.1 Å². The second-order valence-corrected chi connectivity index (χ2v) is 3.61. The van der Waals surface area contributed by atoms with E-state index in [0.717, 1.165) is 18.2 Å². The molecule has 0 saturated carbocycles. The maximum absolute atomic E-state index is 13.5. The van der Waals surface area contributed by atoms with Crippen LogP contribution >= 0.6 is 11.6 Å². The fourth-order valence-electron chi connectivity index (χ4n) is 1.36. The summed E-state index contributed by atoms with van der Waals surface area (Å²) in [6.07, 6.45) is 0. The van der Waals surface area contributed by atoms with Crippen LogP contribution in [0.3, 0.4) is 0 Å². The number of halogens is 4. The van der Waals surface area contributed by atoms with Gasteiger partial charge in [-0.2, -0.15) is 0 Å². The predicted octanol–water partition coefficient (Wildman–Crippen LogP) is 4.22. The van der Waals surface area contributed by atoms with Crippen LogP contribution < -0.4 is 0 Å². The van der Waals surface area contributed by atoms with Crippen LogP contribution in [-0.2, 0) is 0 Å². The van der Waals surface area contributed by atoms with Crippen molar-refractivity contribution in [3.05, 3.63) is 58.9 Å². The zero-order valence-corrected chi connectivity index (χ0v) is 8.65. The lowest BCUT2D eigenvalue weighted by Crippen LogP contribution is -1.90. The standard InChI is InChI=1S/C12H5ClF3/c13-7-1-3-9(12(16)5-7)10-6-8(14)2-4-11(10)15/h1-3,5-6H. The van der Waals surface area contributed by atoms with Gasteiger partial charge in [0.15, 0.2) is 0 Å². The zero-order valence-electron chi connectivity index (χ0n) is 7.90. The third-order valence-corrected chi connectivity index (χ3v) is 2.31. The number of hydrogen-bond donors (Lipinski definition) is 0. The Morgan fingerprint density at radius 2 is 1.75 bits per heavy atom. The molecule has 0 aliphatic heterocycles. The van der Waals surface area contributed by atoms with E-state index in [0.29, 0.717) is 0 Å². The molecular weight excluding hydrogens is 237 g/mol. The quantitative estimate of drug-likeness (QED) is 0.701. The average Bonchev–Trinajstić information content (AvgIpc) is 2.22. The van der Waals surface area contributed by atoms with E-state index in [4.69, 9.17) is 11.6 Å². The van der Waals surface area contributed by atoms with E-state index in [9.17, 15) is 13.2 Å². The van der Waals surface area contributed by atoms with Gasteiger partial charge in [0.1, 0.15) is 17.5 Å². The Morgan fingerprint density at radius 3 is 2.44 bits per heavy atom. The SMILES string of the molecule is Fc1c[c]c(F)c(-c2ccc(Cl)cc2F)c1. The van der Waals surface area contributed by atoms with E-state index in [2.05, 4.69) is 6.07 Å². The maximum atomic E-state index is 13.5. The monoisotopic (exact) mass is 241 g/mol. The van der Waals surface area contributed by atoms with Gasteiger partial charge in [0, 0.05) is 22.2 Å². The highest BCUT2D eigenvalue weighted by Crippen LogP contribution is 2.27. The molecule has 2 aromatic carbocycles. The molecule has 0 fully saturated rings. The first-order chi connectivity index (χ1) is 7.58. The van der Waals surface area contributed by atoms with E-state index in [1.165, 1.54) is 12.1 Å². The van der Waals surface area contributed by atoms with Gasteiger partial charge in [0.2, 0.25) is 0 Å². The summed E-state index contributed by atoms with van der Waals surface area (Å²) in [6.45, 7) is 0. The predicted molar refractivity (Wildman–Crippen MR) is 55.6 cm³/mol. The first kappa shape index (κ1) is 11.0. The van der Waals surface area contributed by atoms with E-state index in [1.807, 2.05) is 0 Å². The average molecular weight is 242 g/mol. The molecule has 81 valence electrons. The molecule has 2 rings (SSSR count). The van der Waals surface area contributed by atoms with Gasteiger partial charge in [-0.1, -0.05) is 11.6 Å². The molecule has 2 aromatic rings. The lowest BCUT2D eigenvalue weighted by molar-refractivity contribution is 0.596. The largest absolute Gasteiger partial charge is 0.207 e. The van der Waals surface area contributed by atoms with Gasteiger partial charge >= 0.3 is 0 Å². The van der Waals surface area contributed by atoms with Crippen molar-refractivity contribution in [3.63, 3.8) is 0 Å². The molecule has 0 bridgehead atoms. The minimum Gasteiger partial charge on any atom is -0.207 e. The van der Waals surface area contributed by atoms with Crippen molar-refractivity contribution in [2.75, 3.05) is 0 Å². The topological polar surface area (TPSA) is 0 Å². The summed E-state index contributed by atoms with van der Waals surface area (Å²) in [7, 11) is 0. The van der Waals surface area contributed by atoms with Gasteiger partial charge in [-0.15, -0.1) is 0 Å². The number of benzene rings is 2. The van der Waals surface area contributed by atoms with Crippen molar-refractivity contribution < 1.29 is 13.2 Å². The van der Waals surface area contributed by atoms with Crippen LogP contribution in [0.5, 0.6) is 0 Å². The Hall–Kier alpha value is -1.48. The summed E-state index contributed by atoms with van der Waals surface area (Å²) in [5.74, 6) is -2.18. The first-order valence-electron chi connectivity index (χ1n) is 4.40. The van der Waals surface area contributed by atoms with Crippen LogP contribution in [0, 0.1) is 23.5 Å². The molecule has 0 aliphatic rings. The van der Waals surface area contributed by atoms with Gasteiger partial charge in [-0.05, 0) is 30.3 Å². The summed E-state index contributed by atoms with van der Waals surface area (Å²) in [6, 6.07) is 7.58. The van der Waals surface area contributed by atoms with Crippen LogP contribution in [0.4, 0.5) is 13.2 Å². The van der Waals surface area contributed by atoms with Crippen molar-refractivity contribution in [1.82, 2.24) is 0 Å². The molecule has 0 heterocycles. The van der Waals surface area contributed by atoms with E-state index in [1.54, 1.807) is 0 Å². The third-order valence-electron chi connectivity index (χ3n) is 2.08. The van der Waals surface area contributed by atoms with Gasteiger partial charge in [0.25, 0.3) is 0 Å². The van der Waals surface area contributed by atoms with E-state index < -0.39 is 17.5 Å². The molecule has 0 unspecified atom stereocenters. The lowest BCUT2D eigenvalue weighted by atomic mass is 10.0. The molecule has 0 amide bonds. The number of hydrogen-bond acceptors (Lipinski definition) is 0. The van der Waals surface area contributed by atoms with Crippen molar-refractivity contribution in [2.24, 2.45) is 0 Å². The first-order valence-corrected chi connectivity index (χ1v) is 4.78. The van der Waals surface area contributed by atoms with Gasteiger partial charge in [-0.3, -0.25) is 0 Å². The Kier molecular flexibility index (Phi) is 2.88. The van der Waals surface area contributed by atoms with Crippen LogP contribution in [0.25, 0.3) is 11.1 Å². The fraction of sp³-hybridized carbons (Fsp3) is 0. The van der Waals surface area contributed by atoms with Crippen molar-refractivity contribution in [1.29, 1.82) is 0 Å². The molecule has 0 nitrogen and oxygen atoms in total. The Balaban J connectivity index is 2.62. The summed E-state index contributed by atoms with van der Waals surface area (Å²) >= 11 is 5.56.